The molecule has 0 bridgehead atoms. The van der Waals surface area contributed by atoms with Crippen LogP contribution in [-0.4, -0.2) is 70.9 Å². The molecule has 4 rings (SSSR count). The van der Waals surface area contributed by atoms with Crippen molar-refractivity contribution in [2.75, 3.05) is 69.8 Å². The van der Waals surface area contributed by atoms with Crippen LogP contribution in [0.4, 0.5) is 15.8 Å². The molecule has 8 heteroatoms. The predicted octanol–water partition coefficient (Wildman–Crippen LogP) is 2.81. The number of hydrogen-bond donors (Lipinski definition) is 1. The summed E-state index contributed by atoms with van der Waals surface area (Å²) in [5, 5.41) is 0. The Labute approximate surface area is 189 Å². The quantitative estimate of drug-likeness (QED) is 0.549. The van der Waals surface area contributed by atoms with Crippen molar-refractivity contribution in [3.8, 4) is 11.5 Å². The molecule has 7 nitrogen and oxygen atoms in total. The van der Waals surface area contributed by atoms with Gasteiger partial charge in [-0.1, -0.05) is 0 Å². The van der Waals surface area contributed by atoms with Crippen LogP contribution >= 0.6 is 0 Å². The molecule has 2 aliphatic rings. The summed E-state index contributed by atoms with van der Waals surface area (Å²) in [6, 6.07) is 12.6. The molecule has 2 aromatic rings. The Morgan fingerprint density at radius 1 is 0.938 bits per heavy atom. The molecule has 1 atom stereocenters. The second-order valence-electron chi connectivity index (χ2n) is 8.32. The summed E-state index contributed by atoms with van der Waals surface area (Å²) >= 11 is 0. The first-order valence-corrected chi connectivity index (χ1v) is 11.1. The van der Waals surface area contributed by atoms with Crippen molar-refractivity contribution in [1.29, 1.82) is 0 Å². The summed E-state index contributed by atoms with van der Waals surface area (Å²) in [5.41, 5.74) is 8.47. The number of aliphatic imine (C=N–C) groups is 1. The van der Waals surface area contributed by atoms with Crippen molar-refractivity contribution in [1.82, 2.24) is 4.90 Å². The molecule has 1 unspecified atom stereocenters. The standard InChI is InChI=1S/C24H32FN5O2/c1-31-22-13-21(14-23(15-22)32-2)30-8-7-18(17-30)16-27-24(26)29-11-9-28(10-12-29)20-5-3-19(25)4-6-20/h3-6,13-15,18H,7-12,16-17H2,1-2H3,(H2,26,27). The molecule has 0 spiro atoms. The third-order valence-corrected chi connectivity index (χ3v) is 6.29. The Balaban J connectivity index is 1.28. The molecule has 2 N–H and O–H groups in total. The molecule has 2 saturated heterocycles. The highest BCUT2D eigenvalue weighted by molar-refractivity contribution is 5.78. The fourth-order valence-electron chi connectivity index (χ4n) is 4.36. The van der Waals surface area contributed by atoms with E-state index in [2.05, 4.69) is 14.7 Å². The van der Waals surface area contributed by atoms with Crippen molar-refractivity contribution in [2.45, 2.75) is 6.42 Å². The highest BCUT2D eigenvalue weighted by Crippen LogP contribution is 2.31. The van der Waals surface area contributed by atoms with Crippen LogP contribution < -0.4 is 25.0 Å². The molecular weight excluding hydrogens is 409 g/mol. The molecule has 2 aliphatic heterocycles. The van der Waals surface area contributed by atoms with E-state index in [-0.39, 0.29) is 5.82 Å². The van der Waals surface area contributed by atoms with E-state index in [1.54, 1.807) is 14.2 Å². The number of nitrogens with two attached hydrogens (primary N) is 1. The zero-order valence-electron chi connectivity index (χ0n) is 18.8. The lowest BCUT2D eigenvalue weighted by Gasteiger charge is -2.36. The summed E-state index contributed by atoms with van der Waals surface area (Å²) in [7, 11) is 3.34. The highest BCUT2D eigenvalue weighted by Gasteiger charge is 2.24. The zero-order valence-corrected chi connectivity index (χ0v) is 18.8. The Morgan fingerprint density at radius 2 is 1.59 bits per heavy atom. The SMILES string of the molecule is COc1cc(OC)cc(N2CCC(CN=C(N)N3CCN(c4ccc(F)cc4)CC3)C2)c1. The number of methoxy groups -OCH3 is 2. The normalized spacial score (nSPS) is 19.4. The van der Waals surface area contributed by atoms with Crippen molar-refractivity contribution in [3.05, 3.63) is 48.3 Å². The summed E-state index contributed by atoms with van der Waals surface area (Å²) in [5.74, 6) is 2.46. The van der Waals surface area contributed by atoms with Gasteiger partial charge in [0.25, 0.3) is 0 Å². The number of rotatable bonds is 6. The number of halogens is 1. The fourth-order valence-corrected chi connectivity index (χ4v) is 4.36. The topological polar surface area (TPSA) is 66.6 Å². The van der Waals surface area contributed by atoms with Gasteiger partial charge in [0.2, 0.25) is 0 Å². The summed E-state index contributed by atoms with van der Waals surface area (Å²) in [4.78, 5) is 11.5. The minimum Gasteiger partial charge on any atom is -0.497 e. The first kappa shape index (κ1) is 22.0. The summed E-state index contributed by atoms with van der Waals surface area (Å²) in [6.45, 7) is 5.95. The van der Waals surface area contributed by atoms with Gasteiger partial charge < -0.3 is 29.9 Å². The number of ether oxygens (including phenoxy) is 2. The molecule has 0 amide bonds. The molecule has 0 aliphatic carbocycles. The van der Waals surface area contributed by atoms with E-state index in [4.69, 9.17) is 20.2 Å². The van der Waals surface area contributed by atoms with Gasteiger partial charge in [-0.15, -0.1) is 0 Å². The van der Waals surface area contributed by atoms with Crippen LogP contribution in [0.5, 0.6) is 11.5 Å². The smallest absolute Gasteiger partial charge is 0.191 e. The largest absolute Gasteiger partial charge is 0.497 e. The van der Waals surface area contributed by atoms with Crippen LogP contribution in [0.25, 0.3) is 0 Å². The average molecular weight is 442 g/mol. The monoisotopic (exact) mass is 441 g/mol. The van der Waals surface area contributed by atoms with E-state index in [0.29, 0.717) is 11.9 Å². The van der Waals surface area contributed by atoms with Crippen LogP contribution in [0.1, 0.15) is 6.42 Å². The van der Waals surface area contributed by atoms with Crippen LogP contribution in [-0.2, 0) is 0 Å². The Kier molecular flexibility index (Phi) is 6.87. The molecule has 172 valence electrons. The van der Waals surface area contributed by atoms with Gasteiger partial charge >= 0.3 is 0 Å². The maximum absolute atomic E-state index is 13.2. The minimum absolute atomic E-state index is 0.209. The molecule has 2 fully saturated rings. The Morgan fingerprint density at radius 3 is 2.22 bits per heavy atom. The van der Waals surface area contributed by atoms with Gasteiger partial charge in [-0.3, -0.25) is 4.99 Å². The molecule has 2 aromatic carbocycles. The van der Waals surface area contributed by atoms with Gasteiger partial charge in [0, 0.05) is 75.4 Å². The van der Waals surface area contributed by atoms with Gasteiger partial charge in [-0.2, -0.15) is 0 Å². The maximum Gasteiger partial charge on any atom is 0.191 e. The van der Waals surface area contributed by atoms with Gasteiger partial charge in [0.1, 0.15) is 17.3 Å². The molecule has 2 heterocycles. The highest BCUT2D eigenvalue weighted by atomic mass is 19.1. The number of guanidine groups is 1. The lowest BCUT2D eigenvalue weighted by Crippen LogP contribution is -2.51. The molecule has 32 heavy (non-hydrogen) atoms. The van der Waals surface area contributed by atoms with E-state index in [0.717, 1.165) is 75.1 Å². The van der Waals surface area contributed by atoms with Gasteiger partial charge in [0.05, 0.1) is 14.2 Å². The number of benzene rings is 2. The molecule has 0 saturated carbocycles. The Bertz CT molecular complexity index is 906. The second kappa shape index (κ2) is 9.97. The fraction of sp³-hybridized carbons (Fsp3) is 0.458. The molecular formula is C24H32FN5O2. The number of anilines is 2. The molecule has 0 radical (unpaired) electrons. The van der Waals surface area contributed by atoms with E-state index < -0.39 is 0 Å². The van der Waals surface area contributed by atoms with Crippen molar-refractivity contribution < 1.29 is 13.9 Å². The van der Waals surface area contributed by atoms with Crippen molar-refractivity contribution in [2.24, 2.45) is 16.6 Å². The second-order valence-corrected chi connectivity index (χ2v) is 8.32. The third kappa shape index (κ3) is 5.18. The van der Waals surface area contributed by atoms with Gasteiger partial charge in [0.15, 0.2) is 5.96 Å². The summed E-state index contributed by atoms with van der Waals surface area (Å²) in [6.07, 6.45) is 1.08. The van der Waals surface area contributed by atoms with Crippen LogP contribution in [0.3, 0.4) is 0 Å². The van der Waals surface area contributed by atoms with E-state index >= 15 is 0 Å². The first-order chi connectivity index (χ1) is 15.6. The van der Waals surface area contributed by atoms with Gasteiger partial charge in [-0.05, 0) is 36.6 Å². The van der Waals surface area contributed by atoms with E-state index in [1.807, 2.05) is 30.3 Å². The number of piperazine rings is 1. The van der Waals surface area contributed by atoms with E-state index in [1.165, 1.54) is 12.1 Å². The molecule has 0 aromatic heterocycles. The van der Waals surface area contributed by atoms with Crippen molar-refractivity contribution >= 4 is 17.3 Å². The predicted molar refractivity (Wildman–Crippen MR) is 127 cm³/mol. The van der Waals surface area contributed by atoms with Crippen LogP contribution in [0.2, 0.25) is 0 Å². The first-order valence-electron chi connectivity index (χ1n) is 11.1. The number of nitrogens with zero attached hydrogens (tertiary/aromatic N) is 4. The van der Waals surface area contributed by atoms with E-state index in [9.17, 15) is 4.39 Å². The minimum atomic E-state index is -0.209. The lowest BCUT2D eigenvalue weighted by atomic mass is 10.1. The lowest BCUT2D eigenvalue weighted by molar-refractivity contribution is 0.379. The Hall–Kier alpha value is -3.16. The van der Waals surface area contributed by atoms with Crippen LogP contribution in [0.15, 0.2) is 47.5 Å². The average Bonchev–Trinajstić information content (AvgIpc) is 3.32. The maximum atomic E-state index is 13.2. The number of hydrogen-bond acceptors (Lipinski definition) is 5. The summed E-state index contributed by atoms with van der Waals surface area (Å²) < 4.78 is 24.0. The zero-order chi connectivity index (χ0) is 22.5. The van der Waals surface area contributed by atoms with Gasteiger partial charge in [-0.25, -0.2) is 4.39 Å². The third-order valence-electron chi connectivity index (χ3n) is 6.29. The van der Waals surface area contributed by atoms with Crippen LogP contribution in [0, 0.1) is 11.7 Å². The van der Waals surface area contributed by atoms with Crippen molar-refractivity contribution in [3.63, 3.8) is 0 Å².